The zero-order valence-electron chi connectivity index (χ0n) is 12.3. The van der Waals surface area contributed by atoms with Crippen LogP contribution >= 0.6 is 27.3 Å². The summed E-state index contributed by atoms with van der Waals surface area (Å²) in [5.74, 6) is 1.28. The summed E-state index contributed by atoms with van der Waals surface area (Å²) in [4.78, 5) is 23.7. The van der Waals surface area contributed by atoms with Gasteiger partial charge in [-0.1, -0.05) is 28.1 Å². The number of ketones is 1. The lowest BCUT2D eigenvalue weighted by atomic mass is 10.0. The van der Waals surface area contributed by atoms with Gasteiger partial charge in [0.15, 0.2) is 0 Å². The van der Waals surface area contributed by atoms with Crippen molar-refractivity contribution in [2.45, 2.75) is 12.8 Å². The second-order valence-corrected chi connectivity index (χ2v) is 7.33. The molecule has 0 unspecified atom stereocenters. The predicted molar refractivity (Wildman–Crippen MR) is 97.0 cm³/mol. The third-order valence-electron chi connectivity index (χ3n) is 4.13. The average Bonchev–Trinajstić information content (AvgIpc) is 3.00. The van der Waals surface area contributed by atoms with Gasteiger partial charge in [-0.15, -0.1) is 11.3 Å². The molecular weight excluding hydrogens is 374 g/mol. The second kappa shape index (κ2) is 6.02. The number of nitrogens with zero attached hydrogens (tertiary/aromatic N) is 3. The predicted octanol–water partition coefficient (Wildman–Crippen LogP) is 4.29. The summed E-state index contributed by atoms with van der Waals surface area (Å²) in [5.41, 5.74) is 2.31. The summed E-state index contributed by atoms with van der Waals surface area (Å²) in [7, 11) is 0. The molecule has 1 aliphatic rings. The number of rotatable bonds is 2. The molecule has 0 aliphatic carbocycles. The van der Waals surface area contributed by atoms with Gasteiger partial charge in [0.05, 0.1) is 5.39 Å². The molecule has 6 heteroatoms. The van der Waals surface area contributed by atoms with Crippen LogP contribution in [0.5, 0.6) is 0 Å². The van der Waals surface area contributed by atoms with Crippen LogP contribution in [-0.4, -0.2) is 28.8 Å². The molecule has 23 heavy (non-hydrogen) atoms. The number of carbonyl (C=O) groups excluding carboxylic acids is 1. The van der Waals surface area contributed by atoms with E-state index in [0.717, 1.165) is 44.7 Å². The van der Waals surface area contributed by atoms with E-state index >= 15 is 0 Å². The first-order chi connectivity index (χ1) is 11.2. The van der Waals surface area contributed by atoms with E-state index in [1.165, 1.54) is 0 Å². The van der Waals surface area contributed by atoms with E-state index in [9.17, 15) is 4.79 Å². The zero-order valence-corrected chi connectivity index (χ0v) is 14.7. The van der Waals surface area contributed by atoms with E-state index in [-0.39, 0.29) is 0 Å². The van der Waals surface area contributed by atoms with Gasteiger partial charge < -0.3 is 4.90 Å². The van der Waals surface area contributed by atoms with E-state index in [1.54, 1.807) is 17.7 Å². The molecule has 0 saturated carbocycles. The Morgan fingerprint density at radius 1 is 1.09 bits per heavy atom. The van der Waals surface area contributed by atoms with Crippen LogP contribution in [0.2, 0.25) is 0 Å². The van der Waals surface area contributed by atoms with E-state index in [0.29, 0.717) is 18.6 Å². The first-order valence-electron chi connectivity index (χ1n) is 7.47. The van der Waals surface area contributed by atoms with Crippen molar-refractivity contribution >= 4 is 49.1 Å². The fourth-order valence-electron chi connectivity index (χ4n) is 2.91. The summed E-state index contributed by atoms with van der Waals surface area (Å²) >= 11 is 5.11. The highest BCUT2D eigenvalue weighted by atomic mass is 79.9. The normalized spacial score (nSPS) is 15.3. The molecule has 4 rings (SSSR count). The standard InChI is InChI=1S/C17H14BrN3OS/c18-12-3-1-11(2-4-12)14-9-23-17-15(14)16(19-10-20-17)21-7-5-13(22)6-8-21/h1-4,9-10H,5-8H2. The number of thiophene rings is 1. The highest BCUT2D eigenvalue weighted by molar-refractivity contribution is 9.10. The molecule has 1 aromatic carbocycles. The number of anilines is 1. The maximum atomic E-state index is 11.5. The topological polar surface area (TPSA) is 46.1 Å². The lowest BCUT2D eigenvalue weighted by molar-refractivity contribution is -0.119. The molecule has 3 heterocycles. The summed E-state index contributed by atoms with van der Waals surface area (Å²) in [5, 5.41) is 3.23. The maximum Gasteiger partial charge on any atom is 0.141 e. The fourth-order valence-corrected chi connectivity index (χ4v) is 4.08. The molecule has 0 bridgehead atoms. The summed E-state index contributed by atoms with van der Waals surface area (Å²) < 4.78 is 1.06. The summed E-state index contributed by atoms with van der Waals surface area (Å²) in [6.07, 6.45) is 2.82. The quantitative estimate of drug-likeness (QED) is 0.657. The van der Waals surface area contributed by atoms with Crippen LogP contribution in [0.25, 0.3) is 21.3 Å². The Morgan fingerprint density at radius 3 is 2.57 bits per heavy atom. The molecule has 116 valence electrons. The van der Waals surface area contributed by atoms with Crippen LogP contribution in [-0.2, 0) is 4.79 Å². The smallest absolute Gasteiger partial charge is 0.141 e. The van der Waals surface area contributed by atoms with Crippen molar-refractivity contribution < 1.29 is 4.79 Å². The van der Waals surface area contributed by atoms with Crippen molar-refractivity contribution in [1.29, 1.82) is 0 Å². The van der Waals surface area contributed by atoms with Crippen molar-refractivity contribution in [2.75, 3.05) is 18.0 Å². The minimum Gasteiger partial charge on any atom is -0.355 e. The second-order valence-electron chi connectivity index (χ2n) is 5.56. The van der Waals surface area contributed by atoms with Crippen LogP contribution in [0, 0.1) is 0 Å². The number of Topliss-reactive ketones (excluding diaryl/α,β-unsaturated/α-hetero) is 1. The van der Waals surface area contributed by atoms with Crippen LogP contribution < -0.4 is 4.90 Å². The monoisotopic (exact) mass is 387 g/mol. The highest BCUT2D eigenvalue weighted by Crippen LogP contribution is 2.38. The minimum absolute atomic E-state index is 0.338. The van der Waals surface area contributed by atoms with Crippen LogP contribution in [0.1, 0.15) is 12.8 Å². The van der Waals surface area contributed by atoms with Crippen molar-refractivity contribution in [1.82, 2.24) is 9.97 Å². The van der Waals surface area contributed by atoms with Gasteiger partial charge in [-0.05, 0) is 17.7 Å². The molecule has 0 atom stereocenters. The molecule has 0 N–H and O–H groups in total. The van der Waals surface area contributed by atoms with E-state index < -0.39 is 0 Å². The molecule has 4 nitrogen and oxygen atoms in total. The molecule has 2 aromatic heterocycles. The fraction of sp³-hybridized carbons (Fsp3) is 0.235. The van der Waals surface area contributed by atoms with E-state index in [2.05, 4.69) is 48.3 Å². The zero-order chi connectivity index (χ0) is 15.8. The minimum atomic E-state index is 0.338. The lowest BCUT2D eigenvalue weighted by Crippen LogP contribution is -2.34. The number of carbonyl (C=O) groups is 1. The van der Waals surface area contributed by atoms with Gasteiger partial charge in [-0.2, -0.15) is 0 Å². The van der Waals surface area contributed by atoms with Crippen LogP contribution in [0.15, 0.2) is 40.4 Å². The molecule has 3 aromatic rings. The Hall–Kier alpha value is -1.79. The molecule has 1 fully saturated rings. The number of hydrogen-bond donors (Lipinski definition) is 0. The van der Waals surface area contributed by atoms with Crippen LogP contribution in [0.4, 0.5) is 5.82 Å². The van der Waals surface area contributed by atoms with Gasteiger partial charge in [0.2, 0.25) is 0 Å². The van der Waals surface area contributed by atoms with Gasteiger partial charge in [0.25, 0.3) is 0 Å². The highest BCUT2D eigenvalue weighted by Gasteiger charge is 2.22. The number of benzene rings is 1. The van der Waals surface area contributed by atoms with E-state index in [1.807, 2.05) is 12.1 Å². The van der Waals surface area contributed by atoms with Gasteiger partial charge in [-0.3, -0.25) is 4.79 Å². The van der Waals surface area contributed by atoms with Gasteiger partial charge in [-0.25, -0.2) is 9.97 Å². The number of halogens is 1. The third-order valence-corrected chi connectivity index (χ3v) is 5.54. The Labute approximate surface area is 146 Å². The summed E-state index contributed by atoms with van der Waals surface area (Å²) in [6, 6.07) is 8.29. The Balaban J connectivity index is 1.83. The average molecular weight is 388 g/mol. The molecule has 0 amide bonds. The van der Waals surface area contributed by atoms with E-state index in [4.69, 9.17) is 0 Å². The maximum absolute atomic E-state index is 11.5. The van der Waals surface area contributed by atoms with Gasteiger partial charge in [0.1, 0.15) is 22.8 Å². The third kappa shape index (κ3) is 2.77. The SMILES string of the molecule is O=C1CCN(c2ncnc3scc(-c4ccc(Br)cc4)c23)CC1. The van der Waals surface area contributed by atoms with Gasteiger partial charge in [0, 0.05) is 41.3 Å². The van der Waals surface area contributed by atoms with Crippen molar-refractivity contribution in [3.8, 4) is 11.1 Å². The van der Waals surface area contributed by atoms with Crippen molar-refractivity contribution in [3.63, 3.8) is 0 Å². The van der Waals surface area contributed by atoms with Gasteiger partial charge >= 0.3 is 0 Å². The number of fused-ring (bicyclic) bond motifs is 1. The molecule has 1 aliphatic heterocycles. The number of piperidine rings is 1. The number of aromatic nitrogens is 2. The first-order valence-corrected chi connectivity index (χ1v) is 9.14. The van der Waals surface area contributed by atoms with Crippen molar-refractivity contribution in [3.05, 3.63) is 40.4 Å². The lowest BCUT2D eigenvalue weighted by Gasteiger charge is -2.27. The molecule has 0 spiro atoms. The largest absolute Gasteiger partial charge is 0.355 e. The number of hydrogen-bond acceptors (Lipinski definition) is 5. The Kier molecular flexibility index (Phi) is 3.87. The molecular formula is C17H14BrN3OS. The Bertz CT molecular complexity index is 865. The molecule has 0 radical (unpaired) electrons. The van der Waals surface area contributed by atoms with Crippen LogP contribution in [0.3, 0.4) is 0 Å². The summed E-state index contributed by atoms with van der Waals surface area (Å²) in [6.45, 7) is 1.47. The first kappa shape index (κ1) is 14.8. The van der Waals surface area contributed by atoms with Crippen molar-refractivity contribution in [2.24, 2.45) is 0 Å². The Morgan fingerprint density at radius 2 is 1.83 bits per heavy atom. The molecule has 1 saturated heterocycles.